The molecule has 140 valence electrons. The number of aromatic nitrogens is 2. The molecule has 2 aliphatic heterocycles. The second-order valence-corrected chi connectivity index (χ2v) is 7.35. The molecule has 2 amide bonds. The van der Waals surface area contributed by atoms with Gasteiger partial charge in [-0.1, -0.05) is 35.9 Å². The molecule has 28 heavy (non-hydrogen) atoms. The van der Waals surface area contributed by atoms with Gasteiger partial charge in [-0.25, -0.2) is 4.68 Å². The van der Waals surface area contributed by atoms with Crippen molar-refractivity contribution in [2.45, 2.75) is 25.7 Å². The van der Waals surface area contributed by atoms with Crippen molar-refractivity contribution in [3.8, 4) is 5.69 Å². The van der Waals surface area contributed by atoms with E-state index in [9.17, 15) is 9.59 Å². The van der Waals surface area contributed by atoms with Crippen molar-refractivity contribution >= 4 is 23.3 Å². The second kappa shape index (κ2) is 5.79. The van der Waals surface area contributed by atoms with Gasteiger partial charge in [0.15, 0.2) is 0 Å². The third-order valence-corrected chi connectivity index (χ3v) is 5.74. The summed E-state index contributed by atoms with van der Waals surface area (Å²) in [4.78, 5) is 28.2. The highest BCUT2D eigenvalue weighted by Gasteiger charge is 2.56. The summed E-state index contributed by atoms with van der Waals surface area (Å²) in [6.45, 7) is 4.52. The van der Waals surface area contributed by atoms with Crippen molar-refractivity contribution in [3.05, 3.63) is 71.4 Å². The Hall–Kier alpha value is -3.41. The molecule has 1 atom stereocenters. The Morgan fingerprint density at radius 1 is 1.11 bits per heavy atom. The van der Waals surface area contributed by atoms with E-state index in [4.69, 9.17) is 0 Å². The lowest BCUT2D eigenvalue weighted by molar-refractivity contribution is -0.126. The molecular formula is C22H20N4O2. The maximum absolute atomic E-state index is 13.6. The molecule has 0 fully saturated rings. The predicted octanol–water partition coefficient (Wildman–Crippen LogP) is 3.18. The standard InChI is InChI=1S/C22H20N4O2/c1-3-25-18-10-9-14(2)11-16(18)22(21(25)28)12-19(27)24-20-17(22)13-23-26(20)15-7-5-4-6-8-15/h4-11,13H,3,12H2,1-2H3,(H,24,27)/t22-/m1/s1. The number of aryl methyl sites for hydroxylation is 1. The summed E-state index contributed by atoms with van der Waals surface area (Å²) in [5.41, 5.74) is 3.40. The van der Waals surface area contributed by atoms with Crippen LogP contribution >= 0.6 is 0 Å². The van der Waals surface area contributed by atoms with E-state index < -0.39 is 5.41 Å². The Morgan fingerprint density at radius 2 is 1.89 bits per heavy atom. The minimum atomic E-state index is -1.03. The Balaban J connectivity index is 1.80. The van der Waals surface area contributed by atoms with Gasteiger partial charge in [0.1, 0.15) is 11.2 Å². The number of carbonyl (C=O) groups is 2. The van der Waals surface area contributed by atoms with Crippen LogP contribution in [0.5, 0.6) is 0 Å². The van der Waals surface area contributed by atoms with E-state index >= 15 is 0 Å². The molecule has 6 nitrogen and oxygen atoms in total. The second-order valence-electron chi connectivity index (χ2n) is 7.35. The summed E-state index contributed by atoms with van der Waals surface area (Å²) in [5, 5.41) is 7.48. The van der Waals surface area contributed by atoms with E-state index in [1.807, 2.05) is 62.4 Å². The Kier molecular flexibility index (Phi) is 3.46. The molecule has 0 saturated carbocycles. The number of nitrogens with one attached hydrogen (secondary N) is 1. The highest BCUT2D eigenvalue weighted by atomic mass is 16.2. The summed E-state index contributed by atoms with van der Waals surface area (Å²) in [6, 6.07) is 15.6. The number of fused-ring (bicyclic) bond motifs is 4. The molecule has 1 N–H and O–H groups in total. The molecule has 1 spiro atoms. The van der Waals surface area contributed by atoms with E-state index in [0.29, 0.717) is 12.4 Å². The molecule has 0 bridgehead atoms. The van der Waals surface area contributed by atoms with Gasteiger partial charge in [-0.2, -0.15) is 5.10 Å². The van der Waals surface area contributed by atoms with Gasteiger partial charge in [0.2, 0.25) is 11.8 Å². The number of carbonyl (C=O) groups excluding carboxylic acids is 2. The summed E-state index contributed by atoms with van der Waals surface area (Å²) in [7, 11) is 0. The molecule has 2 aliphatic rings. The van der Waals surface area contributed by atoms with Gasteiger partial charge in [-0.3, -0.25) is 9.59 Å². The van der Waals surface area contributed by atoms with Crippen molar-refractivity contribution in [1.82, 2.24) is 9.78 Å². The maximum atomic E-state index is 13.6. The summed E-state index contributed by atoms with van der Waals surface area (Å²) < 4.78 is 1.70. The van der Waals surface area contributed by atoms with Crippen LogP contribution in [0.15, 0.2) is 54.7 Å². The van der Waals surface area contributed by atoms with Crippen LogP contribution in [-0.2, 0) is 15.0 Å². The highest BCUT2D eigenvalue weighted by molar-refractivity contribution is 6.15. The normalized spacial score (nSPS) is 20.3. The first-order valence-electron chi connectivity index (χ1n) is 9.43. The van der Waals surface area contributed by atoms with Gasteiger partial charge >= 0.3 is 0 Å². The van der Waals surface area contributed by atoms with Gasteiger partial charge in [0.25, 0.3) is 0 Å². The maximum Gasteiger partial charge on any atom is 0.242 e. The Bertz CT molecular complexity index is 1120. The molecule has 5 rings (SSSR count). The molecule has 0 unspecified atom stereocenters. The van der Waals surface area contributed by atoms with Crippen LogP contribution in [0.1, 0.15) is 30.0 Å². The number of rotatable bonds is 2. The van der Waals surface area contributed by atoms with Crippen LogP contribution in [0.3, 0.4) is 0 Å². The van der Waals surface area contributed by atoms with Crippen molar-refractivity contribution in [1.29, 1.82) is 0 Å². The van der Waals surface area contributed by atoms with E-state index in [-0.39, 0.29) is 18.2 Å². The molecule has 3 heterocycles. The fraction of sp³-hybridized carbons (Fsp3) is 0.227. The van der Waals surface area contributed by atoms with Crippen molar-refractivity contribution < 1.29 is 9.59 Å². The average Bonchev–Trinajstić information content (AvgIpc) is 3.21. The average molecular weight is 372 g/mol. The van der Waals surface area contributed by atoms with Crippen LogP contribution in [0, 0.1) is 6.92 Å². The van der Waals surface area contributed by atoms with Crippen LogP contribution in [0.4, 0.5) is 11.5 Å². The van der Waals surface area contributed by atoms with Gasteiger partial charge in [0.05, 0.1) is 11.9 Å². The number of hydrogen-bond donors (Lipinski definition) is 1. The third kappa shape index (κ3) is 2.05. The number of amides is 2. The van der Waals surface area contributed by atoms with Gasteiger partial charge < -0.3 is 10.2 Å². The number of nitrogens with zero attached hydrogens (tertiary/aromatic N) is 3. The first-order valence-corrected chi connectivity index (χ1v) is 9.43. The number of hydrogen-bond acceptors (Lipinski definition) is 3. The van der Waals surface area contributed by atoms with E-state index in [2.05, 4.69) is 10.4 Å². The molecule has 0 radical (unpaired) electrons. The summed E-state index contributed by atoms with van der Waals surface area (Å²) in [6.07, 6.45) is 1.82. The molecule has 0 saturated heterocycles. The van der Waals surface area contributed by atoms with E-state index in [0.717, 1.165) is 28.1 Å². The van der Waals surface area contributed by atoms with Crippen molar-refractivity contribution in [3.63, 3.8) is 0 Å². The van der Waals surface area contributed by atoms with E-state index in [1.165, 1.54) is 0 Å². The zero-order valence-electron chi connectivity index (χ0n) is 15.8. The van der Waals surface area contributed by atoms with Crippen molar-refractivity contribution in [2.24, 2.45) is 0 Å². The first kappa shape index (κ1) is 16.7. The van der Waals surface area contributed by atoms with Crippen LogP contribution in [0.25, 0.3) is 5.69 Å². The topological polar surface area (TPSA) is 67.2 Å². The molecule has 3 aromatic rings. The molecule has 2 aromatic carbocycles. The Morgan fingerprint density at radius 3 is 2.64 bits per heavy atom. The number of anilines is 2. The minimum Gasteiger partial charge on any atom is -0.311 e. The van der Waals surface area contributed by atoms with Crippen LogP contribution in [-0.4, -0.2) is 28.1 Å². The first-order chi connectivity index (χ1) is 13.6. The van der Waals surface area contributed by atoms with Gasteiger partial charge in [-0.15, -0.1) is 0 Å². The quantitative estimate of drug-likeness (QED) is 0.751. The zero-order chi connectivity index (χ0) is 19.5. The minimum absolute atomic E-state index is 0.0562. The number of likely N-dealkylation sites (N-methyl/N-ethyl adjacent to an activating group) is 1. The van der Waals surface area contributed by atoms with Crippen LogP contribution < -0.4 is 10.2 Å². The fourth-order valence-electron chi connectivity index (χ4n) is 4.49. The summed E-state index contributed by atoms with van der Waals surface area (Å²) >= 11 is 0. The SMILES string of the molecule is CCN1C(=O)[C@]2(CC(=O)Nc3c2cnn3-c2ccccc2)c2cc(C)ccc21. The zero-order valence-corrected chi connectivity index (χ0v) is 15.8. The molecule has 0 aliphatic carbocycles. The Labute approximate surface area is 162 Å². The highest BCUT2D eigenvalue weighted by Crippen LogP contribution is 2.52. The summed E-state index contributed by atoms with van der Waals surface area (Å²) in [5.74, 6) is 0.337. The predicted molar refractivity (Wildman–Crippen MR) is 107 cm³/mol. The number of para-hydroxylation sites is 1. The van der Waals surface area contributed by atoms with E-state index in [1.54, 1.807) is 15.8 Å². The molecule has 1 aromatic heterocycles. The lowest BCUT2D eigenvalue weighted by atomic mass is 9.71. The smallest absolute Gasteiger partial charge is 0.242 e. The largest absolute Gasteiger partial charge is 0.311 e. The van der Waals surface area contributed by atoms with Gasteiger partial charge in [-0.05, 0) is 37.6 Å². The van der Waals surface area contributed by atoms with Gasteiger partial charge in [0, 0.05) is 24.2 Å². The van der Waals surface area contributed by atoms with Crippen LogP contribution in [0.2, 0.25) is 0 Å². The fourth-order valence-corrected chi connectivity index (χ4v) is 4.49. The monoisotopic (exact) mass is 372 g/mol. The third-order valence-electron chi connectivity index (χ3n) is 5.74. The lowest BCUT2D eigenvalue weighted by Crippen LogP contribution is -2.46. The lowest BCUT2D eigenvalue weighted by Gasteiger charge is -2.32. The number of benzene rings is 2. The molecule has 6 heteroatoms. The molecular weight excluding hydrogens is 352 g/mol. The van der Waals surface area contributed by atoms with Crippen molar-refractivity contribution in [2.75, 3.05) is 16.8 Å².